The van der Waals surface area contributed by atoms with Gasteiger partial charge in [0.05, 0.1) is 18.8 Å². The molecular weight excluding hydrogens is 420 g/mol. The van der Waals surface area contributed by atoms with E-state index in [1.165, 1.54) is 0 Å². The Morgan fingerprint density at radius 3 is 2.24 bits per heavy atom. The van der Waals surface area contributed by atoms with Crippen molar-refractivity contribution in [3.8, 4) is 0 Å². The average molecular weight is 459 g/mol. The lowest BCUT2D eigenvalue weighted by Gasteiger charge is -2.36. The van der Waals surface area contributed by atoms with Crippen LogP contribution in [0.5, 0.6) is 0 Å². The van der Waals surface area contributed by atoms with Crippen molar-refractivity contribution in [3.05, 3.63) is 68.8 Å². The predicted molar refractivity (Wildman–Crippen MR) is 128 cm³/mol. The molecule has 0 aliphatic carbocycles. The maximum atomic E-state index is 12.8. The molecule has 0 amide bonds. The van der Waals surface area contributed by atoms with Crippen molar-refractivity contribution in [2.75, 3.05) is 13.9 Å². The summed E-state index contributed by atoms with van der Waals surface area (Å²) in [6, 6.07) is 9.85. The third-order valence-corrected chi connectivity index (χ3v) is 6.36. The van der Waals surface area contributed by atoms with Gasteiger partial charge >= 0.3 is 0 Å². The fourth-order valence-corrected chi connectivity index (χ4v) is 4.44. The average Bonchev–Trinajstić information content (AvgIpc) is 2.83. The van der Waals surface area contributed by atoms with E-state index < -0.39 is 12.2 Å². The highest BCUT2D eigenvalue weighted by molar-refractivity contribution is 5.54. The smallest absolute Gasteiger partial charge is 0.191 e. The van der Waals surface area contributed by atoms with Crippen LogP contribution < -0.4 is 5.43 Å². The number of ether oxygens (including phenoxy) is 3. The third kappa shape index (κ3) is 6.62. The Labute approximate surface area is 197 Å². The second-order valence-corrected chi connectivity index (χ2v) is 8.76. The second kappa shape index (κ2) is 12.8. The molecule has 0 saturated carbocycles. The molecule has 0 unspecified atom stereocenters. The lowest BCUT2D eigenvalue weighted by Crippen LogP contribution is -2.41. The minimum Gasteiger partial charge on any atom is -0.465 e. The maximum absolute atomic E-state index is 12.8. The summed E-state index contributed by atoms with van der Waals surface area (Å²) >= 11 is 0. The van der Waals surface area contributed by atoms with Gasteiger partial charge in [0.15, 0.2) is 5.43 Å². The molecule has 0 fully saturated rings. The molecule has 1 aromatic heterocycles. The van der Waals surface area contributed by atoms with E-state index in [1.807, 2.05) is 58.0 Å². The first-order valence-electron chi connectivity index (χ1n) is 11.6. The van der Waals surface area contributed by atoms with Crippen LogP contribution in [0.3, 0.4) is 0 Å². The minimum atomic E-state index is -0.401. The summed E-state index contributed by atoms with van der Waals surface area (Å²) in [4.78, 5) is 24.6. The number of aryl methyl sites for hydroxylation is 1. The van der Waals surface area contributed by atoms with Gasteiger partial charge in [-0.25, -0.2) is 0 Å². The molecule has 2 aromatic rings. The van der Waals surface area contributed by atoms with Crippen molar-refractivity contribution < 1.29 is 23.4 Å². The van der Waals surface area contributed by atoms with Gasteiger partial charge in [-0.1, -0.05) is 58.0 Å². The first-order chi connectivity index (χ1) is 15.8. The summed E-state index contributed by atoms with van der Waals surface area (Å²) in [6.07, 6.45) is 0.750. The molecule has 6 heteroatoms. The fourth-order valence-electron chi connectivity index (χ4n) is 4.44. The first kappa shape index (κ1) is 27.0. The minimum absolute atomic E-state index is 0.00349. The number of hydrogen-bond donors (Lipinski definition) is 0. The predicted octanol–water partition coefficient (Wildman–Crippen LogP) is 4.97. The summed E-state index contributed by atoms with van der Waals surface area (Å²) in [5.41, 5.74) is 2.26. The highest BCUT2D eigenvalue weighted by Crippen LogP contribution is 2.33. The van der Waals surface area contributed by atoms with Crippen molar-refractivity contribution >= 4 is 6.29 Å². The van der Waals surface area contributed by atoms with Crippen LogP contribution in [0.2, 0.25) is 0 Å². The molecule has 33 heavy (non-hydrogen) atoms. The van der Waals surface area contributed by atoms with Crippen LogP contribution >= 0.6 is 0 Å². The Morgan fingerprint density at radius 1 is 1.00 bits per heavy atom. The number of carbonyl (C=O) groups excluding carboxylic acids is 1. The summed E-state index contributed by atoms with van der Waals surface area (Å²) in [5.74, 6) is 0.507. The van der Waals surface area contributed by atoms with E-state index in [4.69, 9.17) is 18.6 Å². The number of rotatable bonds is 13. The Morgan fingerprint density at radius 2 is 1.67 bits per heavy atom. The van der Waals surface area contributed by atoms with Gasteiger partial charge in [-0.3, -0.25) is 4.79 Å². The molecule has 0 spiro atoms. The van der Waals surface area contributed by atoms with E-state index >= 15 is 0 Å². The number of hydrogen-bond acceptors (Lipinski definition) is 6. The van der Waals surface area contributed by atoms with Crippen LogP contribution in [0.4, 0.5) is 0 Å². The first-order valence-corrected chi connectivity index (χ1v) is 11.6. The van der Waals surface area contributed by atoms with Crippen molar-refractivity contribution in [1.82, 2.24) is 0 Å². The molecule has 0 radical (unpaired) electrons. The topological polar surface area (TPSA) is 75.0 Å². The van der Waals surface area contributed by atoms with Crippen molar-refractivity contribution in [2.24, 2.45) is 11.8 Å². The van der Waals surface area contributed by atoms with Gasteiger partial charge in [-0.15, -0.1) is 0 Å². The highest BCUT2D eigenvalue weighted by atomic mass is 16.7. The van der Waals surface area contributed by atoms with Crippen LogP contribution in [-0.4, -0.2) is 32.4 Å². The molecule has 1 aromatic carbocycles. The summed E-state index contributed by atoms with van der Waals surface area (Å²) in [5, 5.41) is 0. The fraction of sp³-hybridized carbons (Fsp3) is 0.556. The van der Waals surface area contributed by atoms with E-state index in [-0.39, 0.29) is 30.0 Å². The van der Waals surface area contributed by atoms with Crippen LogP contribution in [0, 0.1) is 25.7 Å². The molecule has 0 aliphatic heterocycles. The molecule has 1 heterocycles. The molecule has 0 N–H and O–H groups in total. The van der Waals surface area contributed by atoms with Crippen LogP contribution in [-0.2, 0) is 32.0 Å². The van der Waals surface area contributed by atoms with Gasteiger partial charge in [-0.05, 0) is 19.4 Å². The summed E-state index contributed by atoms with van der Waals surface area (Å²) < 4.78 is 23.8. The number of methoxy groups -OCH3 is 1. The summed E-state index contributed by atoms with van der Waals surface area (Å²) in [6.45, 7) is 11.9. The van der Waals surface area contributed by atoms with E-state index in [9.17, 15) is 9.59 Å². The van der Waals surface area contributed by atoms with Gasteiger partial charge in [0, 0.05) is 42.4 Å². The Kier molecular flexibility index (Phi) is 10.5. The molecular formula is C27H38O6. The van der Waals surface area contributed by atoms with Gasteiger partial charge in [-0.2, -0.15) is 0 Å². The SMILES string of the molecule is CCc1oc([C@@H](C)[C@@H](OCOC)[C@H](C)[C@H](OCc2ccccc2)[C@H](C)C=O)c(C)c(=O)c1C. The monoisotopic (exact) mass is 458 g/mol. The van der Waals surface area contributed by atoms with Crippen LogP contribution in [0.15, 0.2) is 39.5 Å². The molecule has 182 valence electrons. The largest absolute Gasteiger partial charge is 0.465 e. The van der Waals surface area contributed by atoms with Crippen molar-refractivity contribution in [3.63, 3.8) is 0 Å². The summed E-state index contributed by atoms with van der Waals surface area (Å²) in [7, 11) is 1.57. The van der Waals surface area contributed by atoms with E-state index in [0.717, 1.165) is 11.8 Å². The van der Waals surface area contributed by atoms with Gasteiger partial charge in [0.1, 0.15) is 24.6 Å². The molecule has 0 saturated heterocycles. The molecule has 0 bridgehead atoms. The number of benzene rings is 1. The molecule has 6 nitrogen and oxygen atoms in total. The van der Waals surface area contributed by atoms with Gasteiger partial charge < -0.3 is 23.4 Å². The van der Waals surface area contributed by atoms with Crippen LogP contribution in [0.1, 0.15) is 61.8 Å². The van der Waals surface area contributed by atoms with Gasteiger partial charge in [0.25, 0.3) is 0 Å². The van der Waals surface area contributed by atoms with Gasteiger partial charge in [0.2, 0.25) is 0 Å². The molecule has 2 rings (SSSR count). The zero-order chi connectivity index (χ0) is 24.5. The Hall–Kier alpha value is -2.28. The zero-order valence-corrected chi connectivity index (χ0v) is 20.9. The van der Waals surface area contributed by atoms with E-state index in [0.29, 0.717) is 35.7 Å². The second-order valence-electron chi connectivity index (χ2n) is 8.76. The number of aldehydes is 1. The van der Waals surface area contributed by atoms with Crippen molar-refractivity contribution in [2.45, 2.75) is 72.7 Å². The quantitative estimate of drug-likeness (QED) is 0.312. The van der Waals surface area contributed by atoms with Crippen molar-refractivity contribution in [1.29, 1.82) is 0 Å². The lowest BCUT2D eigenvalue weighted by molar-refractivity contribution is -0.140. The van der Waals surface area contributed by atoms with Crippen LogP contribution in [0.25, 0.3) is 0 Å². The molecule has 5 atom stereocenters. The highest BCUT2D eigenvalue weighted by Gasteiger charge is 2.37. The zero-order valence-electron chi connectivity index (χ0n) is 20.9. The number of carbonyl (C=O) groups is 1. The molecule has 0 aliphatic rings. The maximum Gasteiger partial charge on any atom is 0.191 e. The Balaban J connectivity index is 2.40. The standard InChI is InChI=1S/C27H38O6/c1-8-23-18(3)24(29)19(4)27(33-23)21(6)26(32-16-30-7)20(5)25(17(2)14-28)31-15-22-12-10-9-11-13-22/h9-14,17,20-21,25-26H,8,15-16H2,1-7H3/t17-,20-,21+,25-,26+/m1/s1. The lowest BCUT2D eigenvalue weighted by atomic mass is 9.82. The third-order valence-electron chi connectivity index (χ3n) is 6.36. The van der Waals surface area contributed by atoms with E-state index in [2.05, 4.69) is 0 Å². The Bertz CT molecular complexity index is 936. The van der Waals surface area contributed by atoms with E-state index in [1.54, 1.807) is 21.0 Å². The normalized spacial score (nSPS) is 16.1.